The molecule has 31 heavy (non-hydrogen) atoms. The second-order valence-corrected chi connectivity index (χ2v) is 9.61. The smallest absolute Gasteiger partial charge is 0.266 e. The van der Waals surface area contributed by atoms with Crippen LogP contribution in [-0.4, -0.2) is 32.6 Å². The van der Waals surface area contributed by atoms with Gasteiger partial charge in [0.2, 0.25) is 0 Å². The van der Waals surface area contributed by atoms with E-state index < -0.39 is 0 Å². The van der Waals surface area contributed by atoms with Gasteiger partial charge in [-0.3, -0.25) is 14.7 Å². The van der Waals surface area contributed by atoms with Crippen molar-refractivity contribution in [3.05, 3.63) is 76.3 Å². The molecule has 0 aliphatic carbocycles. The van der Waals surface area contributed by atoms with Crippen LogP contribution in [0.25, 0.3) is 17.0 Å². The summed E-state index contributed by atoms with van der Waals surface area (Å²) in [5.41, 5.74) is 4.75. The minimum absolute atomic E-state index is 0.0368. The van der Waals surface area contributed by atoms with Gasteiger partial charge >= 0.3 is 0 Å². The van der Waals surface area contributed by atoms with E-state index in [0.717, 1.165) is 27.6 Å². The molecule has 1 aromatic heterocycles. The van der Waals surface area contributed by atoms with Gasteiger partial charge in [0, 0.05) is 41.3 Å². The highest BCUT2D eigenvalue weighted by Gasteiger charge is 2.35. The molecule has 2 aromatic carbocycles. The second-order valence-electron chi connectivity index (χ2n) is 8.60. The first-order chi connectivity index (χ1) is 14.8. The van der Waals surface area contributed by atoms with Crippen molar-refractivity contribution in [3.63, 3.8) is 0 Å². The zero-order chi connectivity index (χ0) is 22.1. The van der Waals surface area contributed by atoms with Crippen LogP contribution in [0.5, 0.6) is 0 Å². The molecular formula is C26H29N3OS. The van der Waals surface area contributed by atoms with Crippen LogP contribution in [0.1, 0.15) is 44.4 Å². The van der Waals surface area contributed by atoms with Crippen molar-refractivity contribution in [3.8, 4) is 0 Å². The molecule has 1 saturated heterocycles. The summed E-state index contributed by atoms with van der Waals surface area (Å²) in [7, 11) is 0. The Balaban J connectivity index is 1.74. The van der Waals surface area contributed by atoms with Gasteiger partial charge in [0.15, 0.2) is 5.17 Å². The summed E-state index contributed by atoms with van der Waals surface area (Å²) in [5, 5.41) is 1.95. The number of thioether (sulfide) groups is 1. The SMILES string of the molecule is Cc1ccc(Cn2cc(/C=C3/SC(=NC(C)C)N(C(C)C)C3=O)c3ccccc32)cc1. The summed E-state index contributed by atoms with van der Waals surface area (Å²) in [6.45, 7) is 11.0. The van der Waals surface area contributed by atoms with Crippen molar-refractivity contribution >= 4 is 39.8 Å². The number of amides is 1. The highest BCUT2D eigenvalue weighted by Crippen LogP contribution is 2.36. The van der Waals surface area contributed by atoms with Crippen LogP contribution >= 0.6 is 11.8 Å². The fraction of sp³-hybridized carbons (Fsp3) is 0.308. The average Bonchev–Trinajstić information content (AvgIpc) is 3.21. The molecule has 5 heteroatoms. The van der Waals surface area contributed by atoms with Crippen molar-refractivity contribution < 1.29 is 4.79 Å². The summed E-state index contributed by atoms with van der Waals surface area (Å²) in [6, 6.07) is 17.2. The Hall–Kier alpha value is -2.79. The maximum absolute atomic E-state index is 13.2. The van der Waals surface area contributed by atoms with Gasteiger partial charge < -0.3 is 4.57 Å². The van der Waals surface area contributed by atoms with Crippen molar-refractivity contribution in [1.82, 2.24) is 9.47 Å². The molecule has 1 amide bonds. The Morgan fingerprint density at radius 1 is 1.03 bits per heavy atom. The number of carbonyl (C=O) groups excluding carboxylic acids is 1. The van der Waals surface area contributed by atoms with Crippen LogP contribution in [0.4, 0.5) is 0 Å². The first-order valence-electron chi connectivity index (χ1n) is 10.8. The van der Waals surface area contributed by atoms with Gasteiger partial charge in [0.1, 0.15) is 0 Å². The van der Waals surface area contributed by atoms with Crippen LogP contribution in [0.15, 0.2) is 64.6 Å². The van der Waals surface area contributed by atoms with Crippen LogP contribution < -0.4 is 0 Å². The first-order valence-corrected chi connectivity index (χ1v) is 11.6. The number of carbonyl (C=O) groups is 1. The van der Waals surface area contributed by atoms with E-state index in [2.05, 4.69) is 66.2 Å². The quantitative estimate of drug-likeness (QED) is 0.459. The molecule has 4 nitrogen and oxygen atoms in total. The van der Waals surface area contributed by atoms with Gasteiger partial charge in [-0.05, 0) is 64.1 Å². The number of rotatable bonds is 5. The third-order valence-corrected chi connectivity index (χ3v) is 6.30. The zero-order valence-electron chi connectivity index (χ0n) is 18.8. The lowest BCUT2D eigenvalue weighted by Gasteiger charge is -2.20. The molecule has 0 saturated carbocycles. The van der Waals surface area contributed by atoms with Gasteiger partial charge in [-0.25, -0.2) is 0 Å². The standard InChI is InChI=1S/C26H29N3OS/c1-17(2)27-26-29(18(3)4)25(30)24(31-26)14-21-16-28(23-9-7-6-8-22(21)23)15-20-12-10-19(5)11-13-20/h6-14,16-18H,15H2,1-5H3/b24-14+,27-26?. The third-order valence-electron chi connectivity index (χ3n) is 5.30. The molecule has 1 fully saturated rings. The van der Waals surface area contributed by atoms with Crippen LogP contribution in [0.3, 0.4) is 0 Å². The largest absolute Gasteiger partial charge is 0.342 e. The molecule has 3 aromatic rings. The molecule has 2 heterocycles. The monoisotopic (exact) mass is 431 g/mol. The third kappa shape index (κ3) is 4.47. The highest BCUT2D eigenvalue weighted by molar-refractivity contribution is 8.18. The molecule has 4 rings (SSSR count). The van der Waals surface area contributed by atoms with Crippen molar-refractivity contribution in [2.75, 3.05) is 0 Å². The Morgan fingerprint density at radius 3 is 2.42 bits per heavy atom. The molecule has 160 valence electrons. The van der Waals surface area contributed by atoms with Crippen molar-refractivity contribution in [2.24, 2.45) is 4.99 Å². The molecular weight excluding hydrogens is 402 g/mol. The predicted molar refractivity (Wildman–Crippen MR) is 132 cm³/mol. The molecule has 0 unspecified atom stereocenters. The van der Waals surface area contributed by atoms with Crippen LogP contribution in [0.2, 0.25) is 0 Å². The zero-order valence-corrected chi connectivity index (χ0v) is 19.6. The van der Waals surface area contributed by atoms with Crippen molar-refractivity contribution in [1.29, 1.82) is 0 Å². The normalized spacial score (nSPS) is 17.3. The Bertz CT molecular complexity index is 1170. The number of aromatic nitrogens is 1. The molecule has 1 aliphatic heterocycles. The maximum atomic E-state index is 13.2. The van der Waals surface area contributed by atoms with Gasteiger partial charge in [0.05, 0.1) is 4.91 Å². The van der Waals surface area contributed by atoms with E-state index >= 15 is 0 Å². The fourth-order valence-electron chi connectivity index (χ4n) is 3.81. The second kappa shape index (κ2) is 8.75. The lowest BCUT2D eigenvalue weighted by Crippen LogP contribution is -2.35. The summed E-state index contributed by atoms with van der Waals surface area (Å²) in [4.78, 5) is 20.4. The number of hydrogen-bond acceptors (Lipinski definition) is 3. The summed E-state index contributed by atoms with van der Waals surface area (Å²) < 4.78 is 2.26. The highest BCUT2D eigenvalue weighted by atomic mass is 32.2. The number of aryl methyl sites for hydroxylation is 1. The van der Waals surface area contributed by atoms with Gasteiger partial charge in [-0.2, -0.15) is 0 Å². The molecule has 0 bridgehead atoms. The summed E-state index contributed by atoms with van der Waals surface area (Å²) in [5.74, 6) is 0.0368. The molecule has 0 radical (unpaired) electrons. The molecule has 1 aliphatic rings. The van der Waals surface area contributed by atoms with E-state index in [0.29, 0.717) is 0 Å². The molecule has 0 spiro atoms. The van der Waals surface area contributed by atoms with Crippen LogP contribution in [-0.2, 0) is 11.3 Å². The Morgan fingerprint density at radius 2 is 1.74 bits per heavy atom. The van der Waals surface area contributed by atoms with Crippen LogP contribution in [0, 0.1) is 6.92 Å². The van der Waals surface area contributed by atoms with Crippen molar-refractivity contribution in [2.45, 2.75) is 53.2 Å². The maximum Gasteiger partial charge on any atom is 0.266 e. The Kier molecular flexibility index (Phi) is 6.05. The fourth-order valence-corrected chi connectivity index (χ4v) is 5.03. The number of para-hydroxylation sites is 1. The van der Waals surface area contributed by atoms with E-state index in [9.17, 15) is 4.79 Å². The molecule has 0 atom stereocenters. The number of amidine groups is 1. The minimum atomic E-state index is 0.0368. The first kappa shape index (κ1) is 21.4. The average molecular weight is 432 g/mol. The van der Waals surface area contributed by atoms with E-state index in [4.69, 9.17) is 4.99 Å². The van der Waals surface area contributed by atoms with E-state index in [1.807, 2.05) is 38.7 Å². The number of fused-ring (bicyclic) bond motifs is 1. The van der Waals surface area contributed by atoms with E-state index in [1.165, 1.54) is 28.4 Å². The summed E-state index contributed by atoms with van der Waals surface area (Å²) in [6.07, 6.45) is 4.18. The molecule has 0 N–H and O–H groups in total. The van der Waals surface area contributed by atoms with E-state index in [1.54, 1.807) is 0 Å². The van der Waals surface area contributed by atoms with E-state index in [-0.39, 0.29) is 18.0 Å². The number of aliphatic imine (C=N–C) groups is 1. The minimum Gasteiger partial charge on any atom is -0.342 e. The Labute approximate surface area is 188 Å². The lowest BCUT2D eigenvalue weighted by atomic mass is 10.1. The number of nitrogens with zero attached hydrogens (tertiary/aromatic N) is 3. The van der Waals surface area contributed by atoms with Gasteiger partial charge in [-0.15, -0.1) is 0 Å². The van der Waals surface area contributed by atoms with Gasteiger partial charge in [-0.1, -0.05) is 48.0 Å². The van der Waals surface area contributed by atoms with Gasteiger partial charge in [0.25, 0.3) is 5.91 Å². The number of hydrogen-bond donors (Lipinski definition) is 0. The topological polar surface area (TPSA) is 37.6 Å². The predicted octanol–water partition coefficient (Wildman–Crippen LogP) is 6.09. The lowest BCUT2D eigenvalue weighted by molar-refractivity contribution is -0.123. The summed E-state index contributed by atoms with van der Waals surface area (Å²) >= 11 is 1.48. The number of benzene rings is 2.